The van der Waals surface area contributed by atoms with Crippen LogP contribution in [0.2, 0.25) is 10.0 Å². The van der Waals surface area contributed by atoms with Crippen LogP contribution in [0.1, 0.15) is 18.4 Å². The molecule has 0 bridgehead atoms. The fourth-order valence-electron chi connectivity index (χ4n) is 2.26. The van der Waals surface area contributed by atoms with Crippen molar-refractivity contribution >= 4 is 39.1 Å². The number of amides is 1. The van der Waals surface area contributed by atoms with Crippen molar-refractivity contribution in [2.75, 3.05) is 6.61 Å². The van der Waals surface area contributed by atoms with Gasteiger partial charge in [0.15, 0.2) is 6.61 Å². The number of rotatable bonds is 8. The summed E-state index contributed by atoms with van der Waals surface area (Å²) in [7, 11) is -3.47. The van der Waals surface area contributed by atoms with Gasteiger partial charge in [-0.05, 0) is 42.7 Å². The third-order valence-corrected chi connectivity index (χ3v) is 5.96. The van der Waals surface area contributed by atoms with Crippen molar-refractivity contribution in [3.05, 3.63) is 58.1 Å². The van der Waals surface area contributed by atoms with Gasteiger partial charge in [0.05, 0.1) is 9.92 Å². The molecular formula is C18H18Cl2N2O4S. The van der Waals surface area contributed by atoms with Gasteiger partial charge >= 0.3 is 0 Å². The van der Waals surface area contributed by atoms with E-state index < -0.39 is 10.0 Å². The van der Waals surface area contributed by atoms with Gasteiger partial charge in [0, 0.05) is 23.7 Å². The number of sulfonamides is 1. The monoisotopic (exact) mass is 428 g/mol. The summed E-state index contributed by atoms with van der Waals surface area (Å²) in [6, 6.07) is 11.2. The van der Waals surface area contributed by atoms with Crippen LogP contribution in [0.25, 0.3) is 0 Å². The predicted octanol–water partition coefficient (Wildman–Crippen LogP) is 3.13. The lowest BCUT2D eigenvalue weighted by Gasteiger charge is -2.10. The van der Waals surface area contributed by atoms with Crippen LogP contribution in [0.15, 0.2) is 47.4 Å². The van der Waals surface area contributed by atoms with Crippen molar-refractivity contribution in [3.63, 3.8) is 0 Å². The minimum atomic E-state index is -3.47. The van der Waals surface area contributed by atoms with Gasteiger partial charge < -0.3 is 10.1 Å². The molecule has 0 radical (unpaired) electrons. The summed E-state index contributed by atoms with van der Waals surface area (Å²) < 4.78 is 32.2. The van der Waals surface area contributed by atoms with Crippen molar-refractivity contribution in [2.45, 2.75) is 30.3 Å². The second-order valence-electron chi connectivity index (χ2n) is 6.18. The second-order valence-corrected chi connectivity index (χ2v) is 8.74. The van der Waals surface area contributed by atoms with Crippen LogP contribution < -0.4 is 14.8 Å². The van der Waals surface area contributed by atoms with Gasteiger partial charge in [-0.25, -0.2) is 13.1 Å². The zero-order valence-corrected chi connectivity index (χ0v) is 16.6. The fraction of sp³-hybridized carbons (Fsp3) is 0.278. The molecule has 0 aromatic heterocycles. The Balaban J connectivity index is 1.49. The van der Waals surface area contributed by atoms with E-state index >= 15 is 0 Å². The summed E-state index contributed by atoms with van der Waals surface area (Å²) in [5.74, 6) is -0.00446. The quantitative estimate of drug-likeness (QED) is 0.676. The molecule has 1 aliphatic carbocycles. The molecule has 0 heterocycles. The molecule has 0 saturated heterocycles. The Morgan fingerprint density at radius 1 is 1.11 bits per heavy atom. The first-order chi connectivity index (χ1) is 12.8. The molecule has 1 fully saturated rings. The molecular weight excluding hydrogens is 411 g/mol. The molecule has 1 saturated carbocycles. The Labute approximate surface area is 167 Å². The van der Waals surface area contributed by atoms with E-state index in [9.17, 15) is 13.2 Å². The molecule has 9 heteroatoms. The van der Waals surface area contributed by atoms with E-state index in [1.165, 1.54) is 18.2 Å². The van der Waals surface area contributed by atoms with E-state index in [-0.39, 0.29) is 30.0 Å². The van der Waals surface area contributed by atoms with Gasteiger partial charge in [0.2, 0.25) is 10.0 Å². The third-order valence-electron chi connectivity index (χ3n) is 3.87. The molecule has 3 rings (SSSR count). The van der Waals surface area contributed by atoms with Crippen LogP contribution in [0.3, 0.4) is 0 Å². The second kappa shape index (κ2) is 8.48. The molecule has 1 aliphatic rings. The summed E-state index contributed by atoms with van der Waals surface area (Å²) in [5.41, 5.74) is 0.773. The topological polar surface area (TPSA) is 84.5 Å². The van der Waals surface area contributed by atoms with Crippen molar-refractivity contribution in [1.29, 1.82) is 0 Å². The first kappa shape index (κ1) is 19.9. The highest BCUT2D eigenvalue weighted by molar-refractivity contribution is 7.89. The minimum absolute atomic E-state index is 0.0574. The molecule has 6 nitrogen and oxygen atoms in total. The van der Waals surface area contributed by atoms with E-state index in [4.69, 9.17) is 27.9 Å². The molecule has 2 aromatic carbocycles. The van der Waals surface area contributed by atoms with Crippen LogP contribution in [0.4, 0.5) is 0 Å². The van der Waals surface area contributed by atoms with E-state index in [0.29, 0.717) is 15.8 Å². The van der Waals surface area contributed by atoms with Gasteiger partial charge in [-0.2, -0.15) is 0 Å². The standard InChI is InChI=1S/C18H18Cl2N2O4S/c19-13-3-8-16(20)17(9-13)26-11-18(23)21-10-12-1-6-15(7-2-12)27(24,25)22-14-4-5-14/h1-3,6-9,14,22H,4-5,10-11H2,(H,21,23). The fourth-order valence-corrected chi connectivity index (χ4v) is 3.90. The predicted molar refractivity (Wildman–Crippen MR) is 104 cm³/mol. The Kier molecular flexibility index (Phi) is 6.26. The van der Waals surface area contributed by atoms with Gasteiger partial charge in [-0.1, -0.05) is 35.3 Å². The largest absolute Gasteiger partial charge is 0.482 e. The zero-order valence-electron chi connectivity index (χ0n) is 14.2. The van der Waals surface area contributed by atoms with Gasteiger partial charge in [-0.3, -0.25) is 4.79 Å². The number of carbonyl (C=O) groups is 1. The molecule has 0 spiro atoms. The highest BCUT2D eigenvalue weighted by atomic mass is 35.5. The number of hydrogen-bond donors (Lipinski definition) is 2. The Morgan fingerprint density at radius 3 is 2.48 bits per heavy atom. The maximum atomic E-state index is 12.1. The number of nitrogens with one attached hydrogen (secondary N) is 2. The lowest BCUT2D eigenvalue weighted by molar-refractivity contribution is -0.123. The molecule has 27 heavy (non-hydrogen) atoms. The Hall–Kier alpha value is -1.80. The zero-order chi connectivity index (χ0) is 19.4. The van der Waals surface area contributed by atoms with E-state index in [2.05, 4.69) is 10.0 Å². The number of ether oxygens (including phenoxy) is 1. The van der Waals surface area contributed by atoms with Crippen LogP contribution >= 0.6 is 23.2 Å². The van der Waals surface area contributed by atoms with Gasteiger partial charge in [-0.15, -0.1) is 0 Å². The smallest absolute Gasteiger partial charge is 0.258 e. The van der Waals surface area contributed by atoms with Crippen LogP contribution in [0.5, 0.6) is 5.75 Å². The normalized spacial score (nSPS) is 14.0. The Bertz CT molecular complexity index is 929. The average Bonchev–Trinajstić information content (AvgIpc) is 3.44. The summed E-state index contributed by atoms with van der Waals surface area (Å²) in [6.07, 6.45) is 1.76. The Morgan fingerprint density at radius 2 is 1.81 bits per heavy atom. The van der Waals surface area contributed by atoms with Crippen molar-refractivity contribution in [3.8, 4) is 5.75 Å². The van der Waals surface area contributed by atoms with E-state index in [1.807, 2.05) is 0 Å². The molecule has 1 amide bonds. The van der Waals surface area contributed by atoms with Crippen LogP contribution in [0, 0.1) is 0 Å². The third kappa shape index (κ3) is 5.84. The van der Waals surface area contributed by atoms with Crippen LogP contribution in [-0.4, -0.2) is 27.0 Å². The maximum Gasteiger partial charge on any atom is 0.258 e. The molecule has 2 aromatic rings. The molecule has 2 N–H and O–H groups in total. The lowest BCUT2D eigenvalue weighted by atomic mass is 10.2. The molecule has 0 atom stereocenters. The summed E-state index contributed by atoms with van der Waals surface area (Å²) in [4.78, 5) is 12.1. The van der Waals surface area contributed by atoms with E-state index in [0.717, 1.165) is 18.4 Å². The molecule has 0 aliphatic heterocycles. The van der Waals surface area contributed by atoms with Crippen molar-refractivity contribution < 1.29 is 17.9 Å². The lowest BCUT2D eigenvalue weighted by Crippen LogP contribution is -2.28. The number of benzene rings is 2. The average molecular weight is 429 g/mol. The summed E-state index contributed by atoms with van der Waals surface area (Å²) in [6.45, 7) is 0.0414. The maximum absolute atomic E-state index is 12.1. The molecule has 0 unspecified atom stereocenters. The number of halogens is 2. The molecule has 144 valence electrons. The first-order valence-corrected chi connectivity index (χ1v) is 10.5. The minimum Gasteiger partial charge on any atom is -0.482 e. The van der Waals surface area contributed by atoms with Crippen LogP contribution in [-0.2, 0) is 21.4 Å². The highest BCUT2D eigenvalue weighted by Crippen LogP contribution is 2.27. The SMILES string of the molecule is O=C(COc1cc(Cl)ccc1Cl)NCc1ccc(S(=O)(=O)NC2CC2)cc1. The van der Waals surface area contributed by atoms with Gasteiger partial charge in [0.1, 0.15) is 5.75 Å². The highest BCUT2D eigenvalue weighted by Gasteiger charge is 2.27. The van der Waals surface area contributed by atoms with E-state index in [1.54, 1.807) is 24.3 Å². The number of hydrogen-bond acceptors (Lipinski definition) is 4. The van der Waals surface area contributed by atoms with Gasteiger partial charge in [0.25, 0.3) is 5.91 Å². The van der Waals surface area contributed by atoms with Crippen molar-refractivity contribution in [1.82, 2.24) is 10.0 Å². The first-order valence-electron chi connectivity index (χ1n) is 8.29. The number of carbonyl (C=O) groups excluding carboxylic acids is 1. The van der Waals surface area contributed by atoms with Crippen molar-refractivity contribution in [2.24, 2.45) is 0 Å². The summed E-state index contributed by atoms with van der Waals surface area (Å²) >= 11 is 11.8. The summed E-state index contributed by atoms with van der Waals surface area (Å²) in [5, 5.41) is 3.52.